The van der Waals surface area contributed by atoms with E-state index in [2.05, 4.69) is 10.5 Å². The van der Waals surface area contributed by atoms with E-state index in [0.717, 1.165) is 10.5 Å². The quantitative estimate of drug-likeness (QED) is 0.351. The Morgan fingerprint density at radius 3 is 2.28 bits per heavy atom. The molecule has 166 valence electrons. The number of carbonyl (C=O) groups is 1. The van der Waals surface area contributed by atoms with Gasteiger partial charge in [-0.15, -0.1) is 0 Å². The van der Waals surface area contributed by atoms with E-state index in [4.69, 9.17) is 34.8 Å². The molecule has 0 unspecified atom stereocenters. The topological polar surface area (TPSA) is 78.8 Å². The van der Waals surface area contributed by atoms with Gasteiger partial charge in [0.25, 0.3) is 15.9 Å². The molecule has 0 aromatic heterocycles. The number of sulfonamides is 1. The van der Waals surface area contributed by atoms with Crippen molar-refractivity contribution in [3.05, 3.63) is 93.2 Å². The molecular formula is C21H15Cl3FN3O3S. The molecule has 0 bridgehead atoms. The molecule has 0 heterocycles. The molecule has 0 aliphatic heterocycles. The summed E-state index contributed by atoms with van der Waals surface area (Å²) in [5.41, 5.74) is 2.23. The average molecular weight is 515 g/mol. The number of nitrogens with one attached hydrogen (secondary N) is 1. The Balaban J connectivity index is 1.89. The van der Waals surface area contributed by atoms with Crippen molar-refractivity contribution in [2.45, 2.75) is 4.90 Å². The summed E-state index contributed by atoms with van der Waals surface area (Å²) < 4.78 is 41.1. The van der Waals surface area contributed by atoms with Crippen LogP contribution in [0.4, 0.5) is 10.1 Å². The molecule has 0 atom stereocenters. The van der Waals surface area contributed by atoms with Crippen LogP contribution in [0.2, 0.25) is 15.1 Å². The van der Waals surface area contributed by atoms with Crippen LogP contribution < -0.4 is 9.73 Å². The van der Waals surface area contributed by atoms with E-state index in [1.54, 1.807) is 18.2 Å². The summed E-state index contributed by atoms with van der Waals surface area (Å²) in [7, 11) is -4.15. The predicted octanol–water partition coefficient (Wildman–Crippen LogP) is 5.13. The van der Waals surface area contributed by atoms with Crippen LogP contribution >= 0.6 is 34.8 Å². The van der Waals surface area contributed by atoms with Gasteiger partial charge in [-0.1, -0.05) is 59.1 Å². The maximum absolute atomic E-state index is 13.8. The van der Waals surface area contributed by atoms with Crippen molar-refractivity contribution in [3.63, 3.8) is 0 Å². The smallest absolute Gasteiger partial charge is 0.264 e. The summed E-state index contributed by atoms with van der Waals surface area (Å²) in [4.78, 5) is 12.5. The first kappa shape index (κ1) is 24.0. The van der Waals surface area contributed by atoms with Gasteiger partial charge in [-0.25, -0.2) is 18.2 Å². The third-order valence-corrected chi connectivity index (χ3v) is 6.69. The summed E-state index contributed by atoms with van der Waals surface area (Å²) in [6, 6.07) is 15.8. The first-order valence-corrected chi connectivity index (χ1v) is 11.6. The average Bonchev–Trinajstić information content (AvgIpc) is 2.74. The number of nitrogens with zero attached hydrogens (tertiary/aromatic N) is 2. The molecule has 0 aliphatic carbocycles. The largest absolute Gasteiger partial charge is 0.271 e. The van der Waals surface area contributed by atoms with Crippen molar-refractivity contribution >= 4 is 62.6 Å². The zero-order chi connectivity index (χ0) is 23.3. The summed E-state index contributed by atoms with van der Waals surface area (Å²) in [6.45, 7) is -0.643. The maximum atomic E-state index is 13.8. The van der Waals surface area contributed by atoms with E-state index in [1.165, 1.54) is 48.5 Å². The molecule has 0 saturated carbocycles. The van der Waals surface area contributed by atoms with Crippen molar-refractivity contribution in [1.82, 2.24) is 5.43 Å². The number of anilines is 1. The van der Waals surface area contributed by atoms with E-state index in [0.29, 0.717) is 0 Å². The SMILES string of the molecule is O=C(CN(c1cc(Cl)cc(Cl)c1)S(=O)(=O)c1ccccc1)N/N=C\c1c(F)cccc1Cl. The van der Waals surface area contributed by atoms with Gasteiger partial charge in [0.15, 0.2) is 0 Å². The Morgan fingerprint density at radius 1 is 1.00 bits per heavy atom. The highest BCUT2D eigenvalue weighted by Gasteiger charge is 2.27. The normalized spacial score (nSPS) is 11.5. The predicted molar refractivity (Wildman–Crippen MR) is 125 cm³/mol. The van der Waals surface area contributed by atoms with E-state index >= 15 is 0 Å². The molecule has 0 saturated heterocycles. The number of hydrogen-bond acceptors (Lipinski definition) is 4. The van der Waals surface area contributed by atoms with Gasteiger partial charge in [0.1, 0.15) is 12.4 Å². The minimum Gasteiger partial charge on any atom is -0.271 e. The molecule has 0 radical (unpaired) electrons. The lowest BCUT2D eigenvalue weighted by molar-refractivity contribution is -0.119. The molecule has 11 heteroatoms. The molecule has 6 nitrogen and oxygen atoms in total. The van der Waals surface area contributed by atoms with Gasteiger partial charge in [-0.3, -0.25) is 9.10 Å². The Bertz CT molecular complexity index is 1230. The molecule has 0 spiro atoms. The van der Waals surface area contributed by atoms with E-state index < -0.39 is 28.3 Å². The Labute approximate surface area is 199 Å². The molecule has 1 amide bonds. The number of halogens is 4. The summed E-state index contributed by atoms with van der Waals surface area (Å²) in [5, 5.41) is 4.16. The van der Waals surface area contributed by atoms with E-state index in [9.17, 15) is 17.6 Å². The highest BCUT2D eigenvalue weighted by molar-refractivity contribution is 7.92. The third-order valence-electron chi connectivity index (χ3n) is 4.14. The fraction of sp³-hybridized carbons (Fsp3) is 0.0476. The minimum atomic E-state index is -4.15. The van der Waals surface area contributed by atoms with Gasteiger partial charge in [0, 0.05) is 15.6 Å². The van der Waals surface area contributed by atoms with Gasteiger partial charge >= 0.3 is 0 Å². The number of rotatable bonds is 7. The second kappa shape index (κ2) is 10.3. The molecule has 3 rings (SSSR count). The molecule has 32 heavy (non-hydrogen) atoms. The molecule has 3 aromatic rings. The lowest BCUT2D eigenvalue weighted by Crippen LogP contribution is -2.39. The fourth-order valence-electron chi connectivity index (χ4n) is 2.69. The molecule has 1 N–H and O–H groups in total. The maximum Gasteiger partial charge on any atom is 0.264 e. The summed E-state index contributed by atoms with van der Waals surface area (Å²) in [6.07, 6.45) is 1.03. The molecular weight excluding hydrogens is 500 g/mol. The van der Waals surface area contributed by atoms with Crippen LogP contribution in [0, 0.1) is 5.82 Å². The first-order chi connectivity index (χ1) is 15.2. The second-order valence-corrected chi connectivity index (χ2v) is 9.52. The van der Waals surface area contributed by atoms with E-state index in [1.807, 2.05) is 0 Å². The van der Waals surface area contributed by atoms with Crippen molar-refractivity contribution in [2.24, 2.45) is 5.10 Å². The Morgan fingerprint density at radius 2 is 1.66 bits per heavy atom. The molecule has 0 aliphatic rings. The monoisotopic (exact) mass is 513 g/mol. The van der Waals surface area contributed by atoms with Gasteiger partial charge in [-0.05, 0) is 42.5 Å². The standard InChI is InChI=1S/C21H15Cl3FN3O3S/c22-14-9-15(23)11-16(10-14)28(32(30,31)17-5-2-1-3-6-17)13-21(29)27-26-12-18-19(24)7-4-8-20(18)25/h1-12H,13H2,(H,27,29)/b26-12-. The van der Waals surface area contributed by atoms with Gasteiger partial charge < -0.3 is 0 Å². The molecule has 3 aromatic carbocycles. The highest BCUT2D eigenvalue weighted by Crippen LogP contribution is 2.29. The Kier molecular flexibility index (Phi) is 7.73. The number of hydrazone groups is 1. The lowest BCUT2D eigenvalue weighted by atomic mass is 10.2. The Hall–Kier alpha value is -2.65. The number of carbonyl (C=O) groups excluding carboxylic acids is 1. The zero-order valence-electron chi connectivity index (χ0n) is 16.2. The van der Waals surface area contributed by atoms with Gasteiger partial charge in [0.2, 0.25) is 0 Å². The summed E-state index contributed by atoms with van der Waals surface area (Å²) >= 11 is 18.0. The van der Waals surface area contributed by atoms with Crippen molar-refractivity contribution < 1.29 is 17.6 Å². The first-order valence-electron chi connectivity index (χ1n) is 8.98. The van der Waals surface area contributed by atoms with Gasteiger partial charge in [-0.2, -0.15) is 5.10 Å². The van der Waals surface area contributed by atoms with Crippen LogP contribution in [0.25, 0.3) is 0 Å². The van der Waals surface area contributed by atoms with Crippen LogP contribution in [-0.2, 0) is 14.8 Å². The van der Waals surface area contributed by atoms with Crippen LogP contribution in [0.15, 0.2) is 76.7 Å². The van der Waals surface area contributed by atoms with Crippen molar-refractivity contribution in [3.8, 4) is 0 Å². The zero-order valence-corrected chi connectivity index (χ0v) is 19.3. The second-order valence-electron chi connectivity index (χ2n) is 6.38. The lowest BCUT2D eigenvalue weighted by Gasteiger charge is -2.24. The summed E-state index contributed by atoms with van der Waals surface area (Å²) in [5.74, 6) is -1.42. The van der Waals surface area contributed by atoms with Gasteiger partial charge in [0.05, 0.1) is 21.8 Å². The number of hydrogen-bond donors (Lipinski definition) is 1. The van der Waals surface area contributed by atoms with Crippen LogP contribution in [-0.4, -0.2) is 27.1 Å². The number of benzene rings is 3. The number of amides is 1. The van der Waals surface area contributed by atoms with Crippen molar-refractivity contribution in [2.75, 3.05) is 10.8 Å². The highest BCUT2D eigenvalue weighted by atomic mass is 35.5. The van der Waals surface area contributed by atoms with Crippen molar-refractivity contribution in [1.29, 1.82) is 0 Å². The van der Waals surface area contributed by atoms with Crippen LogP contribution in [0.1, 0.15) is 5.56 Å². The van der Waals surface area contributed by atoms with E-state index in [-0.39, 0.29) is 31.2 Å². The fourth-order valence-corrected chi connectivity index (χ4v) is 4.84. The molecule has 0 fully saturated rings. The van der Waals surface area contributed by atoms with Crippen LogP contribution in [0.3, 0.4) is 0 Å². The third kappa shape index (κ3) is 5.77. The minimum absolute atomic E-state index is 0.0233. The van der Waals surface area contributed by atoms with Crippen LogP contribution in [0.5, 0.6) is 0 Å².